The number of anilines is 2. The van der Waals surface area contributed by atoms with Crippen LogP contribution in [0.1, 0.15) is 12.1 Å². The summed E-state index contributed by atoms with van der Waals surface area (Å²) < 4.78 is 43.1. The first-order valence-corrected chi connectivity index (χ1v) is 6.00. The Labute approximate surface area is 113 Å². The minimum absolute atomic E-state index is 0.00278. The minimum Gasteiger partial charge on any atom is -0.386 e. The quantitative estimate of drug-likeness (QED) is 0.771. The van der Waals surface area contributed by atoms with Gasteiger partial charge in [-0.25, -0.2) is 4.98 Å². The van der Waals surface area contributed by atoms with Crippen LogP contribution in [0.2, 0.25) is 0 Å². The molecule has 2 rings (SSSR count). The standard InChI is InChI=1S/C11H15F3N4O2/c1-15-9-17-7(11(12,13)14)4-8(18-9)16-5-10(19)2-3-20-6-10/h4,19H,2-3,5-6H2,1H3,(H2,15,16,17,18). The molecule has 1 aromatic heterocycles. The topological polar surface area (TPSA) is 79.3 Å². The van der Waals surface area contributed by atoms with Gasteiger partial charge in [0.25, 0.3) is 0 Å². The third-order valence-electron chi connectivity index (χ3n) is 2.92. The number of aliphatic hydroxyl groups is 1. The van der Waals surface area contributed by atoms with Crippen molar-refractivity contribution in [2.24, 2.45) is 0 Å². The van der Waals surface area contributed by atoms with Gasteiger partial charge in [-0.15, -0.1) is 0 Å². The maximum absolute atomic E-state index is 12.7. The number of rotatable bonds is 4. The summed E-state index contributed by atoms with van der Waals surface area (Å²) in [5, 5.41) is 15.2. The number of hydrogen-bond acceptors (Lipinski definition) is 6. The fourth-order valence-electron chi connectivity index (χ4n) is 1.79. The van der Waals surface area contributed by atoms with Crippen LogP contribution in [0.15, 0.2) is 6.07 Å². The first-order chi connectivity index (χ1) is 9.32. The van der Waals surface area contributed by atoms with E-state index in [2.05, 4.69) is 20.6 Å². The molecule has 0 saturated carbocycles. The van der Waals surface area contributed by atoms with Crippen LogP contribution >= 0.6 is 0 Å². The van der Waals surface area contributed by atoms with Crippen molar-refractivity contribution in [1.82, 2.24) is 9.97 Å². The van der Waals surface area contributed by atoms with Gasteiger partial charge in [0.1, 0.15) is 11.4 Å². The Morgan fingerprint density at radius 1 is 1.45 bits per heavy atom. The molecule has 9 heteroatoms. The van der Waals surface area contributed by atoms with Crippen molar-refractivity contribution in [3.63, 3.8) is 0 Å². The molecule has 0 amide bonds. The fraction of sp³-hybridized carbons (Fsp3) is 0.636. The molecule has 1 aliphatic heterocycles. The van der Waals surface area contributed by atoms with Crippen LogP contribution in [0, 0.1) is 0 Å². The lowest BCUT2D eigenvalue weighted by molar-refractivity contribution is -0.141. The summed E-state index contributed by atoms with van der Waals surface area (Å²) in [6, 6.07) is 0.806. The normalized spacial score (nSPS) is 22.9. The highest BCUT2D eigenvalue weighted by Gasteiger charge is 2.35. The molecule has 2 heterocycles. The van der Waals surface area contributed by atoms with Gasteiger partial charge in [-0.2, -0.15) is 18.2 Å². The second-order valence-corrected chi connectivity index (χ2v) is 4.59. The molecule has 0 aliphatic carbocycles. The number of nitrogens with zero attached hydrogens (tertiary/aromatic N) is 2. The number of aromatic nitrogens is 2. The van der Waals surface area contributed by atoms with E-state index < -0.39 is 17.5 Å². The molecule has 0 spiro atoms. The van der Waals surface area contributed by atoms with Crippen LogP contribution in [-0.2, 0) is 10.9 Å². The number of alkyl halides is 3. The van der Waals surface area contributed by atoms with Crippen LogP contribution < -0.4 is 10.6 Å². The van der Waals surface area contributed by atoms with Gasteiger partial charge in [0.15, 0.2) is 5.69 Å². The van der Waals surface area contributed by atoms with Crippen molar-refractivity contribution in [1.29, 1.82) is 0 Å². The molecule has 1 unspecified atom stereocenters. The van der Waals surface area contributed by atoms with E-state index in [1.807, 2.05) is 0 Å². The fourth-order valence-corrected chi connectivity index (χ4v) is 1.79. The van der Waals surface area contributed by atoms with Gasteiger partial charge >= 0.3 is 6.18 Å². The van der Waals surface area contributed by atoms with Crippen LogP contribution in [0.25, 0.3) is 0 Å². The minimum atomic E-state index is -4.56. The molecular formula is C11H15F3N4O2. The van der Waals surface area contributed by atoms with E-state index in [1.165, 1.54) is 7.05 Å². The maximum atomic E-state index is 12.7. The molecule has 1 fully saturated rings. The molecular weight excluding hydrogens is 277 g/mol. The lowest BCUT2D eigenvalue weighted by Gasteiger charge is -2.21. The molecule has 20 heavy (non-hydrogen) atoms. The van der Waals surface area contributed by atoms with E-state index in [1.54, 1.807) is 0 Å². The Morgan fingerprint density at radius 2 is 2.20 bits per heavy atom. The summed E-state index contributed by atoms with van der Waals surface area (Å²) in [7, 11) is 1.43. The smallest absolute Gasteiger partial charge is 0.386 e. The lowest BCUT2D eigenvalue weighted by Crippen LogP contribution is -2.37. The van der Waals surface area contributed by atoms with Crippen molar-refractivity contribution in [2.75, 3.05) is 37.4 Å². The van der Waals surface area contributed by atoms with Crippen LogP contribution in [-0.4, -0.2) is 47.5 Å². The molecule has 1 aliphatic rings. The van der Waals surface area contributed by atoms with E-state index in [4.69, 9.17) is 4.74 Å². The van der Waals surface area contributed by atoms with Crippen molar-refractivity contribution < 1.29 is 23.0 Å². The van der Waals surface area contributed by atoms with E-state index >= 15 is 0 Å². The zero-order valence-corrected chi connectivity index (χ0v) is 10.8. The third-order valence-corrected chi connectivity index (χ3v) is 2.92. The van der Waals surface area contributed by atoms with Crippen molar-refractivity contribution in [3.05, 3.63) is 11.8 Å². The van der Waals surface area contributed by atoms with E-state index in [0.29, 0.717) is 13.0 Å². The summed E-state index contributed by atoms with van der Waals surface area (Å²) in [6.45, 7) is 0.637. The van der Waals surface area contributed by atoms with Crippen molar-refractivity contribution in [2.45, 2.75) is 18.2 Å². The monoisotopic (exact) mass is 292 g/mol. The van der Waals surface area contributed by atoms with Gasteiger partial charge in [0.05, 0.1) is 6.61 Å². The van der Waals surface area contributed by atoms with Gasteiger partial charge in [0, 0.05) is 32.7 Å². The van der Waals surface area contributed by atoms with Crippen LogP contribution in [0.5, 0.6) is 0 Å². The molecule has 0 bridgehead atoms. The van der Waals surface area contributed by atoms with Gasteiger partial charge in [0.2, 0.25) is 5.95 Å². The highest BCUT2D eigenvalue weighted by molar-refractivity contribution is 5.43. The van der Waals surface area contributed by atoms with Gasteiger partial charge < -0.3 is 20.5 Å². The predicted molar refractivity (Wildman–Crippen MR) is 65.5 cm³/mol. The summed E-state index contributed by atoms with van der Waals surface area (Å²) in [5.41, 5.74) is -2.13. The Balaban J connectivity index is 2.14. The maximum Gasteiger partial charge on any atom is 0.433 e. The van der Waals surface area contributed by atoms with Gasteiger partial charge in [-0.3, -0.25) is 0 Å². The molecule has 112 valence electrons. The zero-order valence-electron chi connectivity index (χ0n) is 10.8. The largest absolute Gasteiger partial charge is 0.433 e. The number of hydrogen-bond donors (Lipinski definition) is 3. The highest BCUT2D eigenvalue weighted by atomic mass is 19.4. The zero-order chi connectivity index (χ0) is 14.8. The van der Waals surface area contributed by atoms with Crippen LogP contribution in [0.3, 0.4) is 0 Å². The van der Waals surface area contributed by atoms with E-state index in [0.717, 1.165) is 6.07 Å². The average molecular weight is 292 g/mol. The van der Waals surface area contributed by atoms with E-state index in [9.17, 15) is 18.3 Å². The molecule has 0 aromatic carbocycles. The summed E-state index contributed by atoms with van der Waals surface area (Å²) in [4.78, 5) is 7.22. The van der Waals surface area contributed by atoms with Gasteiger partial charge in [-0.05, 0) is 0 Å². The molecule has 1 aromatic rings. The molecule has 6 nitrogen and oxygen atoms in total. The Bertz CT molecular complexity index is 475. The second-order valence-electron chi connectivity index (χ2n) is 4.59. The molecule has 3 N–H and O–H groups in total. The molecule has 1 saturated heterocycles. The predicted octanol–water partition coefficient (Wildman–Crippen LogP) is 1.10. The Hall–Kier alpha value is -1.61. The number of halogens is 3. The van der Waals surface area contributed by atoms with Crippen molar-refractivity contribution in [3.8, 4) is 0 Å². The number of nitrogens with one attached hydrogen (secondary N) is 2. The first kappa shape index (κ1) is 14.8. The third kappa shape index (κ3) is 3.48. The Kier molecular flexibility index (Phi) is 4.00. The average Bonchev–Trinajstić information content (AvgIpc) is 2.82. The van der Waals surface area contributed by atoms with Crippen LogP contribution in [0.4, 0.5) is 24.9 Å². The summed E-state index contributed by atoms with van der Waals surface area (Å²) >= 11 is 0. The summed E-state index contributed by atoms with van der Waals surface area (Å²) in [5.74, 6) is -0.144. The molecule has 1 atom stereocenters. The highest BCUT2D eigenvalue weighted by Crippen LogP contribution is 2.30. The van der Waals surface area contributed by atoms with E-state index in [-0.39, 0.29) is 24.9 Å². The number of ether oxygens (including phenoxy) is 1. The lowest BCUT2D eigenvalue weighted by atomic mass is 10.0. The Morgan fingerprint density at radius 3 is 2.75 bits per heavy atom. The van der Waals surface area contributed by atoms with Gasteiger partial charge in [-0.1, -0.05) is 0 Å². The van der Waals surface area contributed by atoms with Crippen molar-refractivity contribution >= 4 is 11.8 Å². The SMILES string of the molecule is CNc1nc(NCC2(O)CCOC2)cc(C(F)(F)F)n1. The molecule has 0 radical (unpaired) electrons. The second kappa shape index (κ2) is 5.41. The summed E-state index contributed by atoms with van der Waals surface area (Å²) in [6.07, 6.45) is -4.13. The first-order valence-electron chi connectivity index (χ1n) is 6.00.